The predicted octanol–water partition coefficient (Wildman–Crippen LogP) is 5.62. The highest BCUT2D eigenvalue weighted by molar-refractivity contribution is 5.81. The van der Waals surface area contributed by atoms with Crippen LogP contribution in [-0.4, -0.2) is 24.5 Å². The molecule has 4 heteroatoms. The molecule has 160 valence electrons. The van der Waals surface area contributed by atoms with E-state index in [1.807, 2.05) is 61.5 Å². The van der Waals surface area contributed by atoms with Crippen molar-refractivity contribution in [3.05, 3.63) is 60.2 Å². The molecule has 2 atom stereocenters. The monoisotopic (exact) mass is 407 g/mol. The van der Waals surface area contributed by atoms with Crippen molar-refractivity contribution in [2.45, 2.75) is 65.2 Å². The highest BCUT2D eigenvalue weighted by Gasteiger charge is 2.26. The molecule has 0 radical (unpaired) electrons. The van der Waals surface area contributed by atoms with Gasteiger partial charge >= 0.3 is 0 Å². The summed E-state index contributed by atoms with van der Waals surface area (Å²) < 4.78 is 11.8. The van der Waals surface area contributed by atoms with Crippen LogP contribution in [0.25, 0.3) is 0 Å². The van der Waals surface area contributed by atoms with E-state index in [9.17, 15) is 4.79 Å². The van der Waals surface area contributed by atoms with Gasteiger partial charge in [-0.3, -0.25) is 4.79 Å². The van der Waals surface area contributed by atoms with E-state index in [4.69, 9.17) is 9.47 Å². The number of benzene rings is 2. The van der Waals surface area contributed by atoms with Crippen molar-refractivity contribution in [1.29, 1.82) is 0 Å². The number of ether oxygens (including phenoxy) is 2. The lowest BCUT2D eigenvalue weighted by atomic mass is 10.0. The number of hydrogen-bond donors (Lipinski definition) is 1. The molecule has 2 rings (SSSR count). The quantitative estimate of drug-likeness (QED) is 0.464. The molecule has 2 aromatic carbocycles. The summed E-state index contributed by atoms with van der Waals surface area (Å²) in [4.78, 5) is 12.4. The Kier molecular flexibility index (Phi) is 10.5. The van der Waals surface area contributed by atoms with Crippen LogP contribution in [0.5, 0.6) is 5.75 Å². The summed E-state index contributed by atoms with van der Waals surface area (Å²) in [5, 5.41) is 3.51. The van der Waals surface area contributed by atoms with Crippen molar-refractivity contribution in [2.24, 2.45) is 0 Å². The zero-order valence-electron chi connectivity index (χ0n) is 18.3. The molecule has 30 heavy (non-hydrogen) atoms. The fraction of sp³-hybridized carbons (Fsp3) is 0.423. The second-order valence-corrected chi connectivity index (χ2v) is 7.24. The lowest BCUT2D eigenvalue weighted by Crippen LogP contribution is -2.40. The van der Waals surface area contributed by atoms with Gasteiger partial charge in [-0.2, -0.15) is 0 Å². The highest BCUT2D eigenvalue weighted by Crippen LogP contribution is 2.22. The first-order chi connectivity index (χ1) is 14.6. The summed E-state index contributed by atoms with van der Waals surface area (Å²) >= 11 is 0. The van der Waals surface area contributed by atoms with Crippen molar-refractivity contribution in [3.8, 4) is 17.6 Å². The molecule has 1 N–H and O–H groups in total. The average Bonchev–Trinajstić information content (AvgIpc) is 2.76. The number of anilines is 1. The topological polar surface area (TPSA) is 47.6 Å². The summed E-state index contributed by atoms with van der Waals surface area (Å²) in [7, 11) is 0. The Morgan fingerprint density at radius 3 is 2.57 bits per heavy atom. The lowest BCUT2D eigenvalue weighted by molar-refractivity contribution is -0.130. The molecule has 0 spiro atoms. The Bertz CT molecular complexity index is 823. The van der Waals surface area contributed by atoms with Gasteiger partial charge in [0, 0.05) is 18.2 Å². The highest BCUT2D eigenvalue weighted by atomic mass is 16.5. The Balaban J connectivity index is 2.09. The molecular formula is C26H33NO3. The van der Waals surface area contributed by atoms with E-state index in [0.717, 1.165) is 42.7 Å². The number of nitrogens with one attached hydrogen (secondary N) is 1. The molecule has 0 fully saturated rings. The Morgan fingerprint density at radius 1 is 1.07 bits per heavy atom. The minimum atomic E-state index is -0.517. The van der Waals surface area contributed by atoms with Gasteiger partial charge in [-0.25, -0.2) is 0 Å². The maximum Gasteiger partial charge on any atom is 0.160 e. The van der Waals surface area contributed by atoms with E-state index in [0.29, 0.717) is 13.2 Å². The Hall–Kier alpha value is -2.77. The molecule has 4 nitrogen and oxygen atoms in total. The Morgan fingerprint density at radius 2 is 1.87 bits per heavy atom. The molecule has 0 aliphatic heterocycles. The fourth-order valence-electron chi connectivity index (χ4n) is 3.19. The van der Waals surface area contributed by atoms with Crippen LogP contribution >= 0.6 is 0 Å². The van der Waals surface area contributed by atoms with Crippen molar-refractivity contribution in [3.63, 3.8) is 0 Å². The van der Waals surface area contributed by atoms with E-state index in [2.05, 4.69) is 24.1 Å². The third-order valence-corrected chi connectivity index (χ3v) is 4.71. The van der Waals surface area contributed by atoms with Crippen LogP contribution in [0.3, 0.4) is 0 Å². The molecule has 0 amide bonds. The van der Waals surface area contributed by atoms with Gasteiger partial charge in [-0.05, 0) is 31.0 Å². The number of ketones is 1. The summed E-state index contributed by atoms with van der Waals surface area (Å²) in [6, 6.07) is 17.6. The maximum absolute atomic E-state index is 12.4. The van der Waals surface area contributed by atoms with Crippen LogP contribution in [0.15, 0.2) is 54.6 Å². The molecule has 0 aliphatic rings. The second-order valence-electron chi connectivity index (χ2n) is 7.24. The maximum atomic E-state index is 12.4. The first-order valence-corrected chi connectivity index (χ1v) is 10.7. The van der Waals surface area contributed by atoms with Gasteiger partial charge in [0.1, 0.15) is 18.5 Å². The molecule has 0 aliphatic carbocycles. The first-order valence-electron chi connectivity index (χ1n) is 10.7. The summed E-state index contributed by atoms with van der Waals surface area (Å²) in [5.41, 5.74) is 1.97. The minimum Gasteiger partial charge on any atom is -0.481 e. The molecule has 0 bridgehead atoms. The summed E-state index contributed by atoms with van der Waals surface area (Å²) in [6.07, 6.45) is 3.22. The fourth-order valence-corrected chi connectivity index (χ4v) is 3.19. The molecule has 2 aromatic rings. The molecule has 0 saturated carbocycles. The van der Waals surface area contributed by atoms with E-state index in [1.165, 1.54) is 0 Å². The number of rotatable bonds is 12. The van der Waals surface area contributed by atoms with Crippen LogP contribution in [0.2, 0.25) is 0 Å². The van der Waals surface area contributed by atoms with Crippen LogP contribution in [-0.2, 0) is 16.1 Å². The molecule has 0 aromatic heterocycles. The van der Waals surface area contributed by atoms with Crippen LogP contribution in [0.1, 0.15) is 52.0 Å². The van der Waals surface area contributed by atoms with Crippen molar-refractivity contribution < 1.29 is 14.3 Å². The molecule has 0 unspecified atom stereocenters. The number of unbranched alkanes of at least 4 members (excludes halogenated alkanes) is 1. The SMILES string of the molecule is CCC#CCOc1cccc(N[C@@H](CCCC)[C@H](OCc2ccccc2)C(C)=O)c1. The van der Waals surface area contributed by atoms with Gasteiger partial charge in [0.2, 0.25) is 0 Å². The van der Waals surface area contributed by atoms with Gasteiger partial charge in [-0.15, -0.1) is 5.92 Å². The van der Waals surface area contributed by atoms with E-state index < -0.39 is 6.10 Å². The predicted molar refractivity (Wildman–Crippen MR) is 123 cm³/mol. The number of carbonyl (C=O) groups excluding carboxylic acids is 1. The van der Waals surface area contributed by atoms with Crippen molar-refractivity contribution in [1.82, 2.24) is 0 Å². The van der Waals surface area contributed by atoms with Crippen molar-refractivity contribution >= 4 is 11.5 Å². The average molecular weight is 408 g/mol. The standard InChI is InChI=1S/C26H33NO3/c1-4-6-11-18-29-24-16-12-15-23(19-24)27-25(17-7-5-2)26(21(3)28)30-20-22-13-9-8-10-14-22/h8-10,12-16,19,25-27H,4-5,7,17-18,20H2,1-3H3/t25-,26+/m0/s1. The number of hydrogen-bond acceptors (Lipinski definition) is 4. The van der Waals surface area contributed by atoms with E-state index >= 15 is 0 Å². The first kappa shape index (κ1) is 23.5. The number of Topliss-reactive ketones (excluding diaryl/α,β-unsaturated/α-hetero) is 1. The summed E-state index contributed by atoms with van der Waals surface area (Å²) in [5.74, 6) is 6.76. The third-order valence-electron chi connectivity index (χ3n) is 4.71. The smallest absolute Gasteiger partial charge is 0.160 e. The third kappa shape index (κ3) is 8.31. The molecule has 0 saturated heterocycles. The van der Waals surface area contributed by atoms with Gasteiger partial charge in [-0.1, -0.05) is 69.0 Å². The zero-order chi connectivity index (χ0) is 21.6. The van der Waals surface area contributed by atoms with Crippen LogP contribution in [0.4, 0.5) is 5.69 Å². The second kappa shape index (κ2) is 13.5. The minimum absolute atomic E-state index is 0.0294. The summed E-state index contributed by atoms with van der Waals surface area (Å²) in [6.45, 7) is 6.54. The van der Waals surface area contributed by atoms with Crippen LogP contribution < -0.4 is 10.1 Å². The van der Waals surface area contributed by atoms with Crippen LogP contribution in [0, 0.1) is 11.8 Å². The van der Waals surface area contributed by atoms with Gasteiger partial charge < -0.3 is 14.8 Å². The number of carbonyl (C=O) groups is 1. The van der Waals surface area contributed by atoms with Gasteiger partial charge in [0.05, 0.1) is 12.6 Å². The van der Waals surface area contributed by atoms with E-state index in [1.54, 1.807) is 6.92 Å². The van der Waals surface area contributed by atoms with Crippen molar-refractivity contribution in [2.75, 3.05) is 11.9 Å². The zero-order valence-corrected chi connectivity index (χ0v) is 18.3. The molecular weight excluding hydrogens is 374 g/mol. The normalized spacial score (nSPS) is 12.4. The largest absolute Gasteiger partial charge is 0.481 e. The Labute approximate surface area is 181 Å². The van der Waals surface area contributed by atoms with E-state index in [-0.39, 0.29) is 11.8 Å². The van der Waals surface area contributed by atoms with Gasteiger partial charge in [0.25, 0.3) is 0 Å². The molecule has 0 heterocycles. The van der Waals surface area contributed by atoms with Gasteiger partial charge in [0.15, 0.2) is 5.78 Å². The lowest BCUT2D eigenvalue weighted by Gasteiger charge is -2.27.